The summed E-state index contributed by atoms with van der Waals surface area (Å²) in [5.74, 6) is 1.34. The van der Waals surface area contributed by atoms with Crippen molar-refractivity contribution in [3.8, 4) is 11.5 Å². The van der Waals surface area contributed by atoms with Crippen molar-refractivity contribution in [2.45, 2.75) is 20.0 Å². The number of carbonyl (C=O) groups is 1. The largest absolute Gasteiger partial charge is 0.504 e. The Balaban J connectivity index is 1.56. The maximum Gasteiger partial charge on any atom is 0.291 e. The number of amides is 1. The second-order valence-electron chi connectivity index (χ2n) is 6.38. The van der Waals surface area contributed by atoms with Gasteiger partial charge in [-0.25, -0.2) is 15.4 Å². The smallest absolute Gasteiger partial charge is 0.291 e. The average Bonchev–Trinajstić information content (AvgIpc) is 3.03. The van der Waals surface area contributed by atoms with E-state index in [0.717, 1.165) is 28.1 Å². The van der Waals surface area contributed by atoms with Crippen LogP contribution in [-0.2, 0) is 11.4 Å². The van der Waals surface area contributed by atoms with Crippen LogP contribution >= 0.6 is 0 Å². The molecule has 132 valence electrons. The molecule has 1 aliphatic rings. The molecule has 0 radical (unpaired) electrons. The highest BCUT2D eigenvalue weighted by Gasteiger charge is 2.22. The number of hydrogen-bond acceptors (Lipinski definition) is 4. The van der Waals surface area contributed by atoms with Crippen LogP contribution in [0, 0.1) is 5.92 Å². The highest BCUT2D eigenvalue weighted by Crippen LogP contribution is 2.25. The number of phenolic OH excluding ortho intramolecular Hbond substituents is 1. The van der Waals surface area contributed by atoms with Crippen molar-refractivity contribution in [3.63, 3.8) is 0 Å². The summed E-state index contributed by atoms with van der Waals surface area (Å²) in [6, 6.07) is 12.8. The number of rotatable bonds is 4. The molecule has 1 aliphatic heterocycles. The summed E-state index contributed by atoms with van der Waals surface area (Å²) >= 11 is 0. The van der Waals surface area contributed by atoms with E-state index in [-0.39, 0.29) is 24.2 Å². The second-order valence-corrected chi connectivity index (χ2v) is 6.38. The third-order valence-electron chi connectivity index (χ3n) is 4.38. The fraction of sp³-hybridized carbons (Fsp3) is 0.211. The maximum absolute atomic E-state index is 11.4. The molecule has 0 fully saturated rings. The van der Waals surface area contributed by atoms with E-state index in [9.17, 15) is 9.90 Å². The molecule has 1 atom stereocenters. The first-order valence-electron chi connectivity index (χ1n) is 8.41. The van der Waals surface area contributed by atoms with Crippen LogP contribution in [0.2, 0.25) is 0 Å². The van der Waals surface area contributed by atoms with E-state index in [4.69, 9.17) is 4.74 Å². The lowest BCUT2D eigenvalue weighted by atomic mass is 9.94. The van der Waals surface area contributed by atoms with Crippen molar-refractivity contribution in [1.29, 1.82) is 0 Å². The van der Waals surface area contributed by atoms with Gasteiger partial charge in [0.1, 0.15) is 0 Å². The van der Waals surface area contributed by atoms with E-state index >= 15 is 0 Å². The summed E-state index contributed by atoms with van der Waals surface area (Å²) < 4.78 is 5.64. The van der Waals surface area contributed by atoms with Crippen LogP contribution in [0.5, 0.6) is 11.5 Å². The Bertz CT molecular complexity index is 1010. The van der Waals surface area contributed by atoms with Gasteiger partial charge in [-0.15, -0.1) is 0 Å². The molecule has 1 amide bonds. The van der Waals surface area contributed by atoms with Gasteiger partial charge in [-0.1, -0.05) is 19.1 Å². The van der Waals surface area contributed by atoms with Gasteiger partial charge in [0.2, 0.25) is 5.91 Å². The highest BCUT2D eigenvalue weighted by molar-refractivity contribution is 6.07. The van der Waals surface area contributed by atoms with Gasteiger partial charge in [-0.3, -0.25) is 4.79 Å². The summed E-state index contributed by atoms with van der Waals surface area (Å²) in [6.45, 7) is 2.27. The van der Waals surface area contributed by atoms with Gasteiger partial charge < -0.3 is 9.84 Å². The first-order chi connectivity index (χ1) is 12.6. The molecule has 0 spiro atoms. The van der Waals surface area contributed by atoms with Crippen molar-refractivity contribution in [3.05, 3.63) is 53.9 Å². The van der Waals surface area contributed by atoms with Gasteiger partial charge in [0.15, 0.2) is 29.1 Å². The Kier molecular flexibility index (Phi) is 4.04. The number of H-pyrrole nitrogens is 2. The van der Waals surface area contributed by atoms with Gasteiger partial charge in [0, 0.05) is 17.9 Å². The lowest BCUT2D eigenvalue weighted by molar-refractivity contribution is -0.362. The normalized spacial score (nSPS) is 17.0. The van der Waals surface area contributed by atoms with Crippen molar-refractivity contribution in [1.82, 2.24) is 10.4 Å². The number of imidazole rings is 1. The van der Waals surface area contributed by atoms with Crippen molar-refractivity contribution < 1.29 is 19.6 Å². The topological polar surface area (TPSA) is 101 Å². The molecule has 7 heteroatoms. The van der Waals surface area contributed by atoms with E-state index in [2.05, 4.69) is 20.5 Å². The van der Waals surface area contributed by atoms with Gasteiger partial charge in [-0.2, -0.15) is 5.10 Å². The van der Waals surface area contributed by atoms with Gasteiger partial charge in [-0.05, 0) is 30.3 Å². The number of hydrazone groups is 1. The van der Waals surface area contributed by atoms with Crippen LogP contribution < -0.4 is 15.1 Å². The Morgan fingerprint density at radius 1 is 1.31 bits per heavy atom. The number of hydrogen-bond donors (Lipinski definition) is 3. The maximum atomic E-state index is 11.4. The molecular weight excluding hydrogens is 332 g/mol. The first-order valence-corrected chi connectivity index (χ1v) is 8.41. The van der Waals surface area contributed by atoms with Crippen molar-refractivity contribution >= 4 is 22.7 Å². The number of carbonyl (C=O) groups excluding carboxylic acids is 1. The zero-order valence-corrected chi connectivity index (χ0v) is 14.2. The minimum atomic E-state index is -0.0564. The second kappa shape index (κ2) is 6.51. The molecule has 1 unspecified atom stereocenters. The molecule has 4 rings (SSSR count). The van der Waals surface area contributed by atoms with E-state index in [1.165, 1.54) is 0 Å². The fourth-order valence-electron chi connectivity index (χ4n) is 3.08. The standard InChI is InChI=1S/C19H18N4O3/c1-11-8-18(25)22-23-19(11)12-6-7-13-14(9-12)21-17(20-13)10-26-16-5-3-2-4-15(16)24/h2-7,9,11,24H,8,10H2,1H3,(H,20,21)(H,22,25)/p+1. The summed E-state index contributed by atoms with van der Waals surface area (Å²) in [4.78, 5) is 18.0. The number of nitrogens with one attached hydrogen (secondary N) is 3. The Morgan fingerprint density at radius 3 is 2.96 bits per heavy atom. The molecule has 2 heterocycles. The number of phenols is 1. The number of ether oxygens (including phenoxy) is 1. The third kappa shape index (κ3) is 3.11. The number of benzene rings is 2. The number of fused-ring (bicyclic) bond motifs is 1. The van der Waals surface area contributed by atoms with Crippen molar-refractivity contribution in [2.24, 2.45) is 11.0 Å². The lowest BCUT2D eigenvalue weighted by Gasteiger charge is -2.18. The molecule has 1 aromatic heterocycles. The number of nitrogens with zero attached hydrogens (tertiary/aromatic N) is 1. The van der Waals surface area contributed by atoms with Crippen LogP contribution in [-0.4, -0.2) is 21.7 Å². The molecule has 26 heavy (non-hydrogen) atoms. The minimum Gasteiger partial charge on any atom is -0.504 e. The Hall–Kier alpha value is -3.35. The fourth-order valence-corrected chi connectivity index (χ4v) is 3.08. The van der Waals surface area contributed by atoms with E-state index in [0.29, 0.717) is 12.2 Å². The molecule has 2 aromatic carbocycles. The predicted molar refractivity (Wildman–Crippen MR) is 95.8 cm³/mol. The van der Waals surface area contributed by atoms with Crippen LogP contribution in [0.3, 0.4) is 0 Å². The molecule has 0 saturated heterocycles. The zero-order valence-electron chi connectivity index (χ0n) is 14.2. The quantitative estimate of drug-likeness (QED) is 0.671. The molecule has 0 aliphatic carbocycles. The van der Waals surface area contributed by atoms with Crippen molar-refractivity contribution in [2.75, 3.05) is 0 Å². The molecule has 4 N–H and O–H groups in total. The molecule has 0 bridgehead atoms. The number of aromatic nitrogens is 2. The molecule has 3 aromatic rings. The molecular formula is C19H19N4O3+. The highest BCUT2D eigenvalue weighted by atomic mass is 16.5. The van der Waals surface area contributed by atoms with Gasteiger partial charge in [0.05, 0.1) is 5.71 Å². The van der Waals surface area contributed by atoms with Crippen LogP contribution in [0.25, 0.3) is 11.0 Å². The molecule has 7 nitrogen and oxygen atoms in total. The Morgan fingerprint density at radius 2 is 2.15 bits per heavy atom. The SMILES string of the molecule is CC1CC(=O)NN=C1c1ccc2[nH+]c(COc3ccccc3O)[nH]c2c1. The predicted octanol–water partition coefficient (Wildman–Crippen LogP) is 2.13. The third-order valence-corrected chi connectivity index (χ3v) is 4.38. The lowest BCUT2D eigenvalue weighted by Crippen LogP contribution is -2.31. The summed E-state index contributed by atoms with van der Waals surface area (Å²) in [5, 5.41) is 14.0. The van der Waals surface area contributed by atoms with E-state index in [1.54, 1.807) is 24.3 Å². The summed E-state index contributed by atoms with van der Waals surface area (Å²) in [5.41, 5.74) is 6.24. The van der Waals surface area contributed by atoms with E-state index in [1.807, 2.05) is 25.1 Å². The van der Waals surface area contributed by atoms with E-state index < -0.39 is 0 Å². The monoisotopic (exact) mass is 351 g/mol. The Labute approximate surface area is 149 Å². The van der Waals surface area contributed by atoms with Crippen LogP contribution in [0.15, 0.2) is 47.6 Å². The minimum absolute atomic E-state index is 0.0564. The zero-order chi connectivity index (χ0) is 18.1. The van der Waals surface area contributed by atoms with Crippen LogP contribution in [0.1, 0.15) is 24.7 Å². The van der Waals surface area contributed by atoms with Gasteiger partial charge >= 0.3 is 0 Å². The first kappa shape index (κ1) is 16.1. The van der Waals surface area contributed by atoms with Gasteiger partial charge in [0.25, 0.3) is 5.82 Å². The number of aromatic hydroxyl groups is 1. The number of aromatic amines is 2. The van der Waals surface area contributed by atoms with Crippen LogP contribution in [0.4, 0.5) is 0 Å². The molecule has 0 saturated carbocycles. The number of para-hydroxylation sites is 2. The average molecular weight is 351 g/mol. The summed E-state index contributed by atoms with van der Waals surface area (Å²) in [7, 11) is 0. The summed E-state index contributed by atoms with van der Waals surface area (Å²) in [6.07, 6.45) is 0.438.